The molecule has 7 heteroatoms. The molecule has 27 heavy (non-hydrogen) atoms. The van der Waals surface area contributed by atoms with Gasteiger partial charge < -0.3 is 4.74 Å². The molecule has 4 aromatic rings. The van der Waals surface area contributed by atoms with E-state index in [1.807, 2.05) is 41.1 Å². The molecule has 0 aliphatic heterocycles. The summed E-state index contributed by atoms with van der Waals surface area (Å²) >= 11 is 1.57. The number of hydrogen-bond acceptors (Lipinski definition) is 4. The van der Waals surface area contributed by atoms with Gasteiger partial charge >= 0.3 is 6.09 Å². The standard InChI is InChI=1S/C20H16FN3O2S/c1-26-20(25)22-15-8-5-12-9-10-24-18(16(12)11-15)23-17(19(24)27-2)13-3-6-14(21)7-4-13/h3-11H,1-2H3,(H,22,25). The maximum absolute atomic E-state index is 13.3. The molecule has 0 fully saturated rings. The molecule has 0 saturated heterocycles. The largest absolute Gasteiger partial charge is 0.453 e. The minimum Gasteiger partial charge on any atom is -0.453 e. The van der Waals surface area contributed by atoms with Crippen molar-refractivity contribution in [3.05, 3.63) is 60.5 Å². The van der Waals surface area contributed by atoms with E-state index in [9.17, 15) is 9.18 Å². The molecule has 0 aliphatic carbocycles. The minimum atomic E-state index is -0.526. The van der Waals surface area contributed by atoms with Gasteiger partial charge in [-0.2, -0.15) is 0 Å². The monoisotopic (exact) mass is 381 g/mol. The van der Waals surface area contributed by atoms with Gasteiger partial charge in [-0.05, 0) is 54.1 Å². The molecular formula is C20H16FN3O2S. The number of halogens is 1. The first-order valence-corrected chi connectivity index (χ1v) is 9.43. The van der Waals surface area contributed by atoms with Gasteiger partial charge in [-0.25, -0.2) is 14.2 Å². The molecule has 2 heterocycles. The van der Waals surface area contributed by atoms with Gasteiger partial charge in [-0.1, -0.05) is 6.07 Å². The van der Waals surface area contributed by atoms with Gasteiger partial charge in [-0.15, -0.1) is 11.8 Å². The van der Waals surface area contributed by atoms with Crippen LogP contribution in [-0.4, -0.2) is 28.8 Å². The van der Waals surface area contributed by atoms with E-state index in [-0.39, 0.29) is 5.82 Å². The van der Waals surface area contributed by atoms with Crippen LogP contribution in [0.1, 0.15) is 0 Å². The molecule has 0 bridgehead atoms. The molecule has 1 amide bonds. The summed E-state index contributed by atoms with van der Waals surface area (Å²) in [4.78, 5) is 16.3. The molecule has 4 rings (SSSR count). The maximum atomic E-state index is 13.3. The number of rotatable bonds is 3. The lowest BCUT2D eigenvalue weighted by Crippen LogP contribution is -2.10. The van der Waals surface area contributed by atoms with Crippen molar-refractivity contribution in [2.75, 3.05) is 18.7 Å². The number of amides is 1. The zero-order valence-corrected chi connectivity index (χ0v) is 15.5. The van der Waals surface area contributed by atoms with Crippen molar-refractivity contribution in [3.8, 4) is 11.3 Å². The van der Waals surface area contributed by atoms with Crippen LogP contribution < -0.4 is 5.32 Å². The molecule has 136 valence electrons. The number of ether oxygens (including phenoxy) is 1. The Morgan fingerprint density at radius 1 is 1.19 bits per heavy atom. The van der Waals surface area contributed by atoms with Gasteiger partial charge in [-0.3, -0.25) is 9.72 Å². The Bertz CT molecular complexity index is 1160. The number of thioether (sulfide) groups is 1. The van der Waals surface area contributed by atoms with E-state index < -0.39 is 6.09 Å². The zero-order chi connectivity index (χ0) is 19.0. The van der Waals surface area contributed by atoms with E-state index >= 15 is 0 Å². The first kappa shape index (κ1) is 17.4. The van der Waals surface area contributed by atoms with Crippen LogP contribution >= 0.6 is 11.8 Å². The number of fused-ring (bicyclic) bond motifs is 3. The molecule has 0 aliphatic rings. The first-order valence-electron chi connectivity index (χ1n) is 8.20. The number of hydrogen-bond donors (Lipinski definition) is 1. The van der Waals surface area contributed by atoms with E-state index in [1.54, 1.807) is 23.9 Å². The third-order valence-corrected chi connectivity index (χ3v) is 5.08. The molecule has 0 radical (unpaired) electrons. The fourth-order valence-corrected chi connectivity index (χ4v) is 3.73. The number of methoxy groups -OCH3 is 1. The second-order valence-corrected chi connectivity index (χ2v) is 6.70. The van der Waals surface area contributed by atoms with Crippen molar-refractivity contribution >= 4 is 40.0 Å². The Labute approximate surface area is 159 Å². The van der Waals surface area contributed by atoms with Crippen molar-refractivity contribution in [1.29, 1.82) is 0 Å². The number of aromatic nitrogens is 2. The highest BCUT2D eigenvalue weighted by atomic mass is 32.2. The number of pyridine rings is 1. The summed E-state index contributed by atoms with van der Waals surface area (Å²) in [7, 11) is 1.32. The quantitative estimate of drug-likeness (QED) is 0.496. The average molecular weight is 381 g/mol. The normalized spacial score (nSPS) is 11.1. The van der Waals surface area contributed by atoms with Gasteiger partial charge in [0.15, 0.2) is 0 Å². The van der Waals surface area contributed by atoms with E-state index in [2.05, 4.69) is 10.1 Å². The molecule has 5 nitrogen and oxygen atoms in total. The van der Waals surface area contributed by atoms with E-state index in [4.69, 9.17) is 4.98 Å². The van der Waals surface area contributed by atoms with Crippen LogP contribution in [0.4, 0.5) is 14.9 Å². The predicted molar refractivity (Wildman–Crippen MR) is 106 cm³/mol. The van der Waals surface area contributed by atoms with Crippen LogP contribution in [0.2, 0.25) is 0 Å². The molecule has 2 aromatic carbocycles. The predicted octanol–water partition coefficient (Wildman–Crippen LogP) is 5.19. The highest BCUT2D eigenvalue weighted by Crippen LogP contribution is 2.34. The smallest absolute Gasteiger partial charge is 0.411 e. The van der Waals surface area contributed by atoms with E-state index in [1.165, 1.54) is 19.2 Å². The third-order valence-electron chi connectivity index (χ3n) is 4.31. The lowest BCUT2D eigenvalue weighted by Gasteiger charge is -2.07. The van der Waals surface area contributed by atoms with Gasteiger partial charge in [0.05, 0.1) is 7.11 Å². The Morgan fingerprint density at radius 2 is 1.96 bits per heavy atom. The Morgan fingerprint density at radius 3 is 2.67 bits per heavy atom. The molecule has 0 spiro atoms. The Hall–Kier alpha value is -3.06. The highest BCUT2D eigenvalue weighted by Gasteiger charge is 2.16. The first-order chi connectivity index (χ1) is 13.1. The summed E-state index contributed by atoms with van der Waals surface area (Å²) in [5.41, 5.74) is 3.03. The highest BCUT2D eigenvalue weighted by molar-refractivity contribution is 7.98. The van der Waals surface area contributed by atoms with Gasteiger partial charge in [0.25, 0.3) is 0 Å². The summed E-state index contributed by atoms with van der Waals surface area (Å²) < 4.78 is 20.0. The number of nitrogens with one attached hydrogen (secondary N) is 1. The number of carbonyl (C=O) groups excluding carboxylic acids is 1. The van der Waals surface area contributed by atoms with Crippen LogP contribution in [-0.2, 0) is 4.74 Å². The zero-order valence-electron chi connectivity index (χ0n) is 14.7. The third kappa shape index (κ3) is 3.10. The second kappa shape index (κ2) is 6.92. The Kier molecular flexibility index (Phi) is 4.45. The van der Waals surface area contributed by atoms with Crippen molar-refractivity contribution in [1.82, 2.24) is 9.38 Å². The van der Waals surface area contributed by atoms with Crippen LogP contribution in [0, 0.1) is 5.82 Å². The van der Waals surface area contributed by atoms with Crippen LogP contribution in [0.15, 0.2) is 59.8 Å². The van der Waals surface area contributed by atoms with Crippen molar-refractivity contribution in [2.24, 2.45) is 0 Å². The minimum absolute atomic E-state index is 0.280. The van der Waals surface area contributed by atoms with Crippen LogP contribution in [0.3, 0.4) is 0 Å². The Balaban J connectivity index is 1.94. The molecule has 1 N–H and O–H groups in total. The van der Waals surface area contributed by atoms with Crippen molar-refractivity contribution in [2.45, 2.75) is 5.03 Å². The van der Waals surface area contributed by atoms with Crippen molar-refractivity contribution < 1.29 is 13.9 Å². The number of benzene rings is 2. The number of anilines is 1. The number of carbonyl (C=O) groups is 1. The lowest BCUT2D eigenvalue weighted by atomic mass is 10.1. The topological polar surface area (TPSA) is 55.6 Å². The van der Waals surface area contributed by atoms with E-state index in [0.717, 1.165) is 32.7 Å². The fourth-order valence-electron chi connectivity index (χ4n) is 3.03. The summed E-state index contributed by atoms with van der Waals surface area (Å²) in [5, 5.41) is 5.54. The van der Waals surface area contributed by atoms with Crippen LogP contribution in [0.25, 0.3) is 27.7 Å². The van der Waals surface area contributed by atoms with Crippen LogP contribution in [0.5, 0.6) is 0 Å². The summed E-state index contributed by atoms with van der Waals surface area (Å²) in [6.45, 7) is 0. The van der Waals surface area contributed by atoms with Gasteiger partial charge in [0, 0.05) is 22.8 Å². The molecule has 0 saturated carbocycles. The fraction of sp³-hybridized carbons (Fsp3) is 0.100. The van der Waals surface area contributed by atoms with Gasteiger partial charge in [0.1, 0.15) is 22.2 Å². The second-order valence-electron chi connectivity index (χ2n) is 5.90. The summed E-state index contributed by atoms with van der Waals surface area (Å²) in [6, 6.07) is 13.9. The summed E-state index contributed by atoms with van der Waals surface area (Å²) in [5.74, 6) is -0.280. The number of imidazole rings is 1. The number of nitrogens with zero attached hydrogens (tertiary/aromatic N) is 2. The molecule has 0 unspecified atom stereocenters. The van der Waals surface area contributed by atoms with Crippen molar-refractivity contribution in [3.63, 3.8) is 0 Å². The maximum Gasteiger partial charge on any atom is 0.411 e. The lowest BCUT2D eigenvalue weighted by molar-refractivity contribution is 0.187. The molecular weight excluding hydrogens is 365 g/mol. The van der Waals surface area contributed by atoms with E-state index in [0.29, 0.717) is 5.69 Å². The molecule has 0 atom stereocenters. The average Bonchev–Trinajstić information content (AvgIpc) is 3.07. The summed E-state index contributed by atoms with van der Waals surface area (Å²) in [6.07, 6.45) is 3.42. The SMILES string of the molecule is COC(=O)Nc1ccc2ccn3c(SC)c(-c4ccc(F)cc4)nc3c2c1. The molecule has 2 aromatic heterocycles. The van der Waals surface area contributed by atoms with Gasteiger partial charge in [0.2, 0.25) is 0 Å².